The number of ether oxygens (including phenoxy) is 1. The molecule has 0 radical (unpaired) electrons. The maximum absolute atomic E-state index is 16.2. The van der Waals surface area contributed by atoms with Gasteiger partial charge >= 0.3 is 5.97 Å². The maximum atomic E-state index is 16.2. The molecule has 1 saturated heterocycles. The lowest BCUT2D eigenvalue weighted by Gasteiger charge is -2.20. The van der Waals surface area contributed by atoms with Crippen LogP contribution in [0.4, 0.5) is 8.78 Å². The number of benzene rings is 3. The van der Waals surface area contributed by atoms with E-state index < -0.39 is 11.8 Å². The third kappa shape index (κ3) is 5.92. The molecule has 1 atom stereocenters. The van der Waals surface area contributed by atoms with Gasteiger partial charge in [-0.1, -0.05) is 48.5 Å². The molecule has 0 bridgehead atoms. The van der Waals surface area contributed by atoms with Crippen LogP contribution in [-0.4, -0.2) is 48.4 Å². The number of carboxylic acids is 1. The Morgan fingerprint density at radius 2 is 1.84 bits per heavy atom. The molecule has 1 aliphatic carbocycles. The Morgan fingerprint density at radius 1 is 1.03 bits per heavy atom. The first-order chi connectivity index (χ1) is 18.0. The molecular formula is C31H32ClF2NO3. The van der Waals surface area contributed by atoms with E-state index in [2.05, 4.69) is 4.90 Å². The Hall–Kier alpha value is -3.22. The van der Waals surface area contributed by atoms with Crippen LogP contribution in [0, 0.1) is 5.82 Å². The molecule has 4 nitrogen and oxygen atoms in total. The molecule has 7 heteroatoms. The van der Waals surface area contributed by atoms with Crippen LogP contribution in [0.3, 0.4) is 0 Å². The first-order valence-corrected chi connectivity index (χ1v) is 12.9. The molecule has 38 heavy (non-hydrogen) atoms. The molecular weight excluding hydrogens is 508 g/mol. The van der Waals surface area contributed by atoms with Gasteiger partial charge in [0.1, 0.15) is 6.10 Å². The standard InChI is InChI=1S/C31H31F2NO3.ClH/c32-16-6-17-34-18-15-24(20-34)37-28-12-5-11-27(30(28)33)29-25(21-7-2-1-3-8-21)10-4-9-22-19-23(31(35)36)13-14-26(22)29;/h1-3,5,7-8,11-14,19,24H,4,6,9-10,15-18,20H2,(H,35,36);1H/t24-;/m1./s1. The van der Waals surface area contributed by atoms with Crippen molar-refractivity contribution in [2.75, 3.05) is 26.3 Å². The molecule has 3 aromatic rings. The predicted molar refractivity (Wildman–Crippen MR) is 148 cm³/mol. The molecule has 0 amide bonds. The van der Waals surface area contributed by atoms with Gasteiger partial charge in [0.15, 0.2) is 11.6 Å². The van der Waals surface area contributed by atoms with Crippen LogP contribution >= 0.6 is 12.4 Å². The van der Waals surface area contributed by atoms with Crippen LogP contribution in [0.25, 0.3) is 11.1 Å². The third-order valence-electron chi connectivity index (χ3n) is 7.28. The molecule has 1 fully saturated rings. The number of nitrogens with zero attached hydrogens (tertiary/aromatic N) is 1. The number of allylic oxidation sites excluding steroid dienone is 1. The van der Waals surface area contributed by atoms with Gasteiger partial charge in [-0.05, 0) is 78.1 Å². The van der Waals surface area contributed by atoms with E-state index >= 15 is 4.39 Å². The van der Waals surface area contributed by atoms with E-state index in [1.165, 1.54) is 0 Å². The molecule has 1 aliphatic heterocycles. The summed E-state index contributed by atoms with van der Waals surface area (Å²) in [6.45, 7) is 1.81. The second kappa shape index (κ2) is 12.5. The van der Waals surface area contributed by atoms with Crippen LogP contribution < -0.4 is 4.74 Å². The molecule has 0 saturated carbocycles. The first-order valence-electron chi connectivity index (χ1n) is 12.9. The fourth-order valence-electron chi connectivity index (χ4n) is 5.51. The second-order valence-electron chi connectivity index (χ2n) is 9.74. The molecule has 5 rings (SSSR count). The fraction of sp³-hybridized carbons (Fsp3) is 0.323. The molecule has 200 valence electrons. The van der Waals surface area contributed by atoms with E-state index in [1.54, 1.807) is 24.3 Å². The van der Waals surface area contributed by atoms with Gasteiger partial charge in [0.25, 0.3) is 0 Å². The predicted octanol–water partition coefficient (Wildman–Crippen LogP) is 7.05. The maximum Gasteiger partial charge on any atom is 0.335 e. The minimum Gasteiger partial charge on any atom is -0.486 e. The summed E-state index contributed by atoms with van der Waals surface area (Å²) in [6.07, 6.45) is 3.41. The number of halogens is 3. The highest BCUT2D eigenvalue weighted by Gasteiger charge is 2.27. The van der Waals surface area contributed by atoms with Crippen molar-refractivity contribution in [3.63, 3.8) is 0 Å². The number of fused-ring (bicyclic) bond motifs is 1. The Morgan fingerprint density at radius 3 is 2.61 bits per heavy atom. The van der Waals surface area contributed by atoms with Crippen molar-refractivity contribution in [3.8, 4) is 5.75 Å². The van der Waals surface area contributed by atoms with Gasteiger partial charge in [0.05, 0.1) is 12.2 Å². The fourth-order valence-corrected chi connectivity index (χ4v) is 5.51. The summed E-state index contributed by atoms with van der Waals surface area (Å²) in [5, 5.41) is 9.54. The zero-order valence-corrected chi connectivity index (χ0v) is 22.0. The number of carbonyl (C=O) groups is 1. The molecule has 2 aliphatic rings. The highest BCUT2D eigenvalue weighted by Crippen LogP contribution is 2.42. The number of likely N-dealkylation sites (tertiary alicyclic amines) is 1. The van der Waals surface area contributed by atoms with Crippen molar-refractivity contribution < 1.29 is 23.4 Å². The molecule has 1 N–H and O–H groups in total. The Kier molecular flexibility index (Phi) is 9.18. The van der Waals surface area contributed by atoms with Crippen LogP contribution in [-0.2, 0) is 6.42 Å². The third-order valence-corrected chi connectivity index (χ3v) is 7.28. The second-order valence-corrected chi connectivity index (χ2v) is 9.74. The summed E-state index contributed by atoms with van der Waals surface area (Å²) in [5.74, 6) is -1.18. The van der Waals surface area contributed by atoms with Crippen molar-refractivity contribution in [2.45, 2.75) is 38.2 Å². The largest absolute Gasteiger partial charge is 0.486 e. The topological polar surface area (TPSA) is 49.8 Å². The minimum atomic E-state index is -0.973. The average Bonchev–Trinajstić information content (AvgIpc) is 3.27. The van der Waals surface area contributed by atoms with Crippen LogP contribution in [0.1, 0.15) is 58.3 Å². The van der Waals surface area contributed by atoms with Gasteiger partial charge < -0.3 is 9.84 Å². The number of rotatable bonds is 8. The molecule has 0 unspecified atom stereocenters. The number of hydrogen-bond donors (Lipinski definition) is 1. The first kappa shape index (κ1) is 27.8. The van der Waals surface area contributed by atoms with E-state index in [0.29, 0.717) is 31.5 Å². The SMILES string of the molecule is Cl.O=C(O)c1ccc2c(c1)CCCC(c1ccccc1)=C2c1cccc(O[C@@H]2CCN(CCCF)C2)c1F. The Bertz CT molecular complexity index is 1310. The number of aromatic carboxylic acids is 1. The minimum absolute atomic E-state index is 0. The van der Waals surface area contributed by atoms with Gasteiger partial charge in [-0.2, -0.15) is 0 Å². The number of hydrogen-bond acceptors (Lipinski definition) is 3. The quantitative estimate of drug-likeness (QED) is 0.333. The van der Waals surface area contributed by atoms with E-state index in [4.69, 9.17) is 4.74 Å². The number of alkyl halides is 1. The lowest BCUT2D eigenvalue weighted by Crippen LogP contribution is -2.26. The lowest BCUT2D eigenvalue weighted by molar-refractivity contribution is 0.0696. The van der Waals surface area contributed by atoms with Crippen molar-refractivity contribution in [2.24, 2.45) is 0 Å². The van der Waals surface area contributed by atoms with E-state index in [1.807, 2.05) is 42.5 Å². The molecule has 0 aromatic heterocycles. The van der Waals surface area contributed by atoms with E-state index in [9.17, 15) is 14.3 Å². The van der Waals surface area contributed by atoms with Gasteiger partial charge in [-0.25, -0.2) is 9.18 Å². The number of carboxylic acid groups (broad SMARTS) is 1. The lowest BCUT2D eigenvalue weighted by atomic mass is 9.87. The molecule has 3 aromatic carbocycles. The van der Waals surface area contributed by atoms with E-state index in [0.717, 1.165) is 53.6 Å². The smallest absolute Gasteiger partial charge is 0.335 e. The number of aryl methyl sites for hydroxylation is 1. The van der Waals surface area contributed by atoms with Gasteiger partial charge in [-0.15, -0.1) is 12.4 Å². The monoisotopic (exact) mass is 539 g/mol. The highest BCUT2D eigenvalue weighted by molar-refractivity contribution is 6.01. The summed E-state index contributed by atoms with van der Waals surface area (Å²) >= 11 is 0. The molecule has 0 spiro atoms. The van der Waals surface area contributed by atoms with Crippen molar-refractivity contribution in [1.82, 2.24) is 4.90 Å². The zero-order chi connectivity index (χ0) is 25.8. The summed E-state index contributed by atoms with van der Waals surface area (Å²) in [6, 6.07) is 20.4. The summed E-state index contributed by atoms with van der Waals surface area (Å²) < 4.78 is 34.9. The van der Waals surface area contributed by atoms with Crippen molar-refractivity contribution in [1.29, 1.82) is 0 Å². The Labute approximate surface area is 228 Å². The summed E-state index contributed by atoms with van der Waals surface area (Å²) in [7, 11) is 0. The van der Waals surface area contributed by atoms with Gasteiger partial charge in [0.2, 0.25) is 0 Å². The van der Waals surface area contributed by atoms with Crippen LogP contribution in [0.5, 0.6) is 5.75 Å². The van der Waals surface area contributed by atoms with Crippen molar-refractivity contribution >= 4 is 29.5 Å². The Balaban J connectivity index is 0.00000336. The van der Waals surface area contributed by atoms with Crippen LogP contribution in [0.2, 0.25) is 0 Å². The summed E-state index contributed by atoms with van der Waals surface area (Å²) in [5.41, 5.74) is 5.30. The van der Waals surface area contributed by atoms with Gasteiger partial charge in [-0.3, -0.25) is 9.29 Å². The average molecular weight is 540 g/mol. The van der Waals surface area contributed by atoms with Crippen LogP contribution in [0.15, 0.2) is 66.7 Å². The zero-order valence-electron chi connectivity index (χ0n) is 21.2. The van der Waals surface area contributed by atoms with E-state index in [-0.39, 0.29) is 36.5 Å². The normalized spacial score (nSPS) is 17.5. The highest BCUT2D eigenvalue weighted by atomic mass is 35.5. The molecule has 1 heterocycles. The van der Waals surface area contributed by atoms with Crippen molar-refractivity contribution in [3.05, 3.63) is 100 Å². The van der Waals surface area contributed by atoms with Gasteiger partial charge in [0, 0.05) is 25.2 Å². The summed E-state index contributed by atoms with van der Waals surface area (Å²) in [4.78, 5) is 13.8.